The van der Waals surface area contributed by atoms with Gasteiger partial charge in [0.05, 0.1) is 10.6 Å². The maximum absolute atomic E-state index is 12.7. The zero-order valence-corrected chi connectivity index (χ0v) is 15.7. The van der Waals surface area contributed by atoms with Crippen LogP contribution in [0.5, 0.6) is 5.75 Å². The Balaban J connectivity index is 1.94. The number of ether oxygens (including phenoxy) is 1. The van der Waals surface area contributed by atoms with Gasteiger partial charge in [0, 0.05) is 12.3 Å². The highest BCUT2D eigenvalue weighted by atomic mass is 32.2. The average Bonchev–Trinajstić information content (AvgIpc) is 2.60. The van der Waals surface area contributed by atoms with Gasteiger partial charge in [-0.25, -0.2) is 13.1 Å². The SMILES string of the molecule is Cc1cc2c(cc1S(=O)(=O)NC(=O)c1cccnn1)O[C@H](C(C)C)C(=O)N2. The molecule has 0 saturated heterocycles. The highest BCUT2D eigenvalue weighted by Crippen LogP contribution is 2.35. The predicted molar refractivity (Wildman–Crippen MR) is 95.7 cm³/mol. The van der Waals surface area contributed by atoms with Gasteiger partial charge in [0.1, 0.15) is 5.75 Å². The number of benzene rings is 1. The van der Waals surface area contributed by atoms with E-state index in [1.807, 2.05) is 18.6 Å². The quantitative estimate of drug-likeness (QED) is 0.804. The number of hydrogen-bond donors (Lipinski definition) is 2. The summed E-state index contributed by atoms with van der Waals surface area (Å²) < 4.78 is 33.0. The Bertz CT molecular complexity index is 1010. The molecule has 142 valence electrons. The van der Waals surface area contributed by atoms with Crippen molar-refractivity contribution in [2.24, 2.45) is 5.92 Å². The fourth-order valence-corrected chi connectivity index (χ4v) is 3.84. The van der Waals surface area contributed by atoms with Crippen LogP contribution in [-0.4, -0.2) is 36.5 Å². The Hall–Kier alpha value is -3.01. The third-order valence-electron chi connectivity index (χ3n) is 3.97. The molecular weight excluding hydrogens is 372 g/mol. The van der Waals surface area contributed by atoms with Crippen LogP contribution in [0, 0.1) is 12.8 Å². The molecule has 0 aliphatic carbocycles. The van der Waals surface area contributed by atoms with Crippen molar-refractivity contribution in [3.05, 3.63) is 41.7 Å². The molecule has 0 unspecified atom stereocenters. The van der Waals surface area contributed by atoms with Crippen molar-refractivity contribution >= 4 is 27.5 Å². The minimum Gasteiger partial charge on any atom is -0.478 e. The Morgan fingerprint density at radius 1 is 1.33 bits per heavy atom. The molecule has 1 aliphatic heterocycles. The van der Waals surface area contributed by atoms with Crippen LogP contribution in [0.2, 0.25) is 0 Å². The Morgan fingerprint density at radius 2 is 2.07 bits per heavy atom. The first kappa shape index (κ1) is 18.8. The first-order valence-corrected chi connectivity index (χ1v) is 9.64. The summed E-state index contributed by atoms with van der Waals surface area (Å²) >= 11 is 0. The molecule has 2 N–H and O–H groups in total. The number of carbonyl (C=O) groups excluding carboxylic acids is 2. The van der Waals surface area contributed by atoms with Crippen molar-refractivity contribution in [3.8, 4) is 5.75 Å². The fourth-order valence-electron chi connectivity index (χ4n) is 2.64. The van der Waals surface area contributed by atoms with E-state index in [0.717, 1.165) is 0 Å². The van der Waals surface area contributed by atoms with Gasteiger partial charge < -0.3 is 10.1 Å². The summed E-state index contributed by atoms with van der Waals surface area (Å²) in [7, 11) is -4.18. The highest BCUT2D eigenvalue weighted by molar-refractivity contribution is 7.90. The van der Waals surface area contributed by atoms with E-state index in [1.165, 1.54) is 30.5 Å². The van der Waals surface area contributed by atoms with Crippen molar-refractivity contribution in [2.45, 2.75) is 31.8 Å². The maximum Gasteiger partial charge on any atom is 0.285 e. The number of sulfonamides is 1. The van der Waals surface area contributed by atoms with Crippen LogP contribution in [-0.2, 0) is 14.8 Å². The summed E-state index contributed by atoms with van der Waals surface area (Å²) in [5, 5.41) is 9.85. The standard InChI is InChI=1S/C17H18N4O5S/c1-9(2)15-17(23)19-12-7-10(3)14(8-13(12)26-15)27(24,25)21-16(22)11-5-4-6-18-20-11/h4-9,15H,1-3H3,(H,19,23)(H,21,22)/t15-/m1/s1. The number of amides is 2. The molecule has 0 fully saturated rings. The fraction of sp³-hybridized carbons (Fsp3) is 0.294. The van der Waals surface area contributed by atoms with Crippen LogP contribution in [0.15, 0.2) is 35.4 Å². The van der Waals surface area contributed by atoms with Crippen LogP contribution in [0.25, 0.3) is 0 Å². The normalized spacial score (nSPS) is 16.3. The van der Waals surface area contributed by atoms with E-state index in [1.54, 1.807) is 6.92 Å². The minimum atomic E-state index is -4.18. The van der Waals surface area contributed by atoms with Crippen LogP contribution < -0.4 is 14.8 Å². The van der Waals surface area contributed by atoms with Gasteiger partial charge in [-0.2, -0.15) is 5.10 Å². The third-order valence-corrected chi connectivity index (χ3v) is 5.45. The molecule has 1 aromatic heterocycles. The molecule has 0 saturated carbocycles. The summed E-state index contributed by atoms with van der Waals surface area (Å²) in [6.07, 6.45) is 0.639. The molecule has 0 bridgehead atoms. The summed E-state index contributed by atoms with van der Waals surface area (Å²) in [5.41, 5.74) is 0.605. The molecule has 10 heteroatoms. The summed E-state index contributed by atoms with van der Waals surface area (Å²) in [6, 6.07) is 5.61. The lowest BCUT2D eigenvalue weighted by Gasteiger charge is -2.29. The number of aromatic nitrogens is 2. The van der Waals surface area contributed by atoms with E-state index in [0.29, 0.717) is 11.3 Å². The minimum absolute atomic E-state index is 0.101. The van der Waals surface area contributed by atoms with Crippen molar-refractivity contribution in [1.82, 2.24) is 14.9 Å². The summed E-state index contributed by atoms with van der Waals surface area (Å²) in [4.78, 5) is 24.1. The van der Waals surface area contributed by atoms with Crippen molar-refractivity contribution in [3.63, 3.8) is 0 Å². The second-order valence-electron chi connectivity index (χ2n) is 6.43. The van der Waals surface area contributed by atoms with Crippen molar-refractivity contribution in [1.29, 1.82) is 0 Å². The van der Waals surface area contributed by atoms with Gasteiger partial charge in [-0.15, -0.1) is 5.10 Å². The van der Waals surface area contributed by atoms with Gasteiger partial charge >= 0.3 is 0 Å². The molecule has 1 aromatic carbocycles. The molecule has 1 atom stereocenters. The van der Waals surface area contributed by atoms with E-state index in [2.05, 4.69) is 15.5 Å². The van der Waals surface area contributed by atoms with Crippen LogP contribution >= 0.6 is 0 Å². The van der Waals surface area contributed by atoms with Gasteiger partial charge in [0.15, 0.2) is 11.8 Å². The number of rotatable bonds is 4. The highest BCUT2D eigenvalue weighted by Gasteiger charge is 2.32. The summed E-state index contributed by atoms with van der Waals surface area (Å²) in [5.74, 6) is -1.06. The Kier molecular flexibility index (Phi) is 4.83. The first-order valence-electron chi connectivity index (χ1n) is 8.16. The smallest absolute Gasteiger partial charge is 0.285 e. The number of nitrogens with zero attached hydrogens (tertiary/aromatic N) is 2. The monoisotopic (exact) mass is 390 g/mol. The molecular formula is C17H18N4O5S. The first-order chi connectivity index (χ1) is 12.7. The molecule has 2 aromatic rings. The molecule has 2 amide bonds. The second-order valence-corrected chi connectivity index (χ2v) is 8.08. The summed E-state index contributed by atoms with van der Waals surface area (Å²) in [6.45, 7) is 5.20. The number of fused-ring (bicyclic) bond motifs is 1. The molecule has 1 aliphatic rings. The van der Waals surface area contributed by atoms with E-state index >= 15 is 0 Å². The lowest BCUT2D eigenvalue weighted by Crippen LogP contribution is -2.40. The van der Waals surface area contributed by atoms with E-state index in [-0.39, 0.29) is 28.2 Å². The van der Waals surface area contributed by atoms with Gasteiger partial charge in [-0.3, -0.25) is 9.59 Å². The maximum atomic E-state index is 12.7. The van der Waals surface area contributed by atoms with Crippen LogP contribution in [0.3, 0.4) is 0 Å². The number of hydrogen-bond acceptors (Lipinski definition) is 7. The van der Waals surface area contributed by atoms with Crippen molar-refractivity contribution in [2.75, 3.05) is 5.32 Å². The molecule has 27 heavy (non-hydrogen) atoms. The van der Waals surface area contributed by atoms with E-state index in [9.17, 15) is 18.0 Å². The van der Waals surface area contributed by atoms with Crippen LogP contribution in [0.4, 0.5) is 5.69 Å². The lowest BCUT2D eigenvalue weighted by atomic mass is 10.0. The van der Waals surface area contributed by atoms with Gasteiger partial charge in [-0.1, -0.05) is 13.8 Å². The zero-order chi connectivity index (χ0) is 19.8. The van der Waals surface area contributed by atoms with E-state index < -0.39 is 22.0 Å². The number of aryl methyl sites for hydroxylation is 1. The molecule has 2 heterocycles. The topological polar surface area (TPSA) is 127 Å². The van der Waals surface area contributed by atoms with Gasteiger partial charge in [0.2, 0.25) is 0 Å². The van der Waals surface area contributed by atoms with Crippen LogP contribution in [0.1, 0.15) is 29.9 Å². The third kappa shape index (κ3) is 3.75. The average molecular weight is 390 g/mol. The Morgan fingerprint density at radius 3 is 2.70 bits per heavy atom. The number of nitrogens with one attached hydrogen (secondary N) is 2. The molecule has 0 spiro atoms. The van der Waals surface area contributed by atoms with Gasteiger partial charge in [0.25, 0.3) is 21.8 Å². The predicted octanol–water partition coefficient (Wildman–Crippen LogP) is 1.26. The molecule has 3 rings (SSSR count). The largest absolute Gasteiger partial charge is 0.478 e. The van der Waals surface area contributed by atoms with E-state index in [4.69, 9.17) is 4.74 Å². The molecule has 0 radical (unpaired) electrons. The zero-order valence-electron chi connectivity index (χ0n) is 14.9. The number of carbonyl (C=O) groups is 2. The second kappa shape index (κ2) is 6.95. The Labute approximate surface area is 156 Å². The van der Waals surface area contributed by atoms with Gasteiger partial charge in [-0.05, 0) is 36.6 Å². The lowest BCUT2D eigenvalue weighted by molar-refractivity contribution is -0.125. The number of anilines is 1. The molecule has 9 nitrogen and oxygen atoms in total. The van der Waals surface area contributed by atoms with Crippen molar-refractivity contribution < 1.29 is 22.7 Å².